The van der Waals surface area contributed by atoms with Crippen LogP contribution in [0.25, 0.3) is 11.3 Å². The van der Waals surface area contributed by atoms with Crippen molar-refractivity contribution in [2.24, 2.45) is 25.0 Å². The summed E-state index contributed by atoms with van der Waals surface area (Å²) in [5, 5.41) is 8.79. The standard InChI is InChI=1S/C24H29N7O2/c1-5-16-7-6-8-33-24-19(13-26-30(24)4)20-10-17(9-15(2)27-20)22(32)28-21-11-18-12-25-29(3)23(18)31(21)14-16/h9-10,12-13,16H,5-8,11,14H2,1-4H3/t16-/m1/s1. The van der Waals surface area contributed by atoms with Crippen molar-refractivity contribution in [3.8, 4) is 17.1 Å². The minimum absolute atomic E-state index is 0.267. The Morgan fingerprint density at radius 2 is 1.97 bits per heavy atom. The van der Waals surface area contributed by atoms with Crippen LogP contribution >= 0.6 is 0 Å². The fourth-order valence-corrected chi connectivity index (χ4v) is 4.74. The van der Waals surface area contributed by atoms with Crippen LogP contribution in [-0.4, -0.2) is 49.4 Å². The van der Waals surface area contributed by atoms with Crippen LogP contribution in [-0.2, 0) is 20.5 Å². The molecule has 5 heterocycles. The van der Waals surface area contributed by atoms with E-state index in [2.05, 4.69) is 32.0 Å². The predicted octanol–water partition coefficient (Wildman–Crippen LogP) is 3.32. The van der Waals surface area contributed by atoms with Crippen LogP contribution < -0.4 is 9.64 Å². The van der Waals surface area contributed by atoms with Crippen molar-refractivity contribution >= 4 is 17.6 Å². The topological polar surface area (TPSA) is 90.4 Å². The monoisotopic (exact) mass is 447 g/mol. The normalized spacial score (nSPS) is 18.5. The number of amidine groups is 1. The van der Waals surface area contributed by atoms with Crippen LogP contribution in [0, 0.1) is 12.8 Å². The van der Waals surface area contributed by atoms with Crippen LogP contribution in [0.15, 0.2) is 29.5 Å². The summed E-state index contributed by atoms with van der Waals surface area (Å²) in [5.74, 6) is 2.66. The van der Waals surface area contributed by atoms with E-state index in [1.54, 1.807) is 23.0 Å². The number of fused-ring (bicyclic) bond motifs is 7. The lowest BCUT2D eigenvalue weighted by molar-refractivity contribution is 0.100. The second-order valence-electron chi connectivity index (χ2n) is 8.87. The summed E-state index contributed by atoms with van der Waals surface area (Å²) < 4.78 is 9.76. The number of carbonyl (C=O) groups excluding carboxylic acids is 1. The van der Waals surface area contributed by atoms with Gasteiger partial charge in [0.05, 0.1) is 30.3 Å². The van der Waals surface area contributed by atoms with Gasteiger partial charge in [0.25, 0.3) is 5.91 Å². The van der Waals surface area contributed by atoms with Gasteiger partial charge in [0.2, 0.25) is 5.88 Å². The fourth-order valence-electron chi connectivity index (χ4n) is 4.74. The van der Waals surface area contributed by atoms with Gasteiger partial charge in [-0.2, -0.15) is 15.2 Å². The third-order valence-corrected chi connectivity index (χ3v) is 6.50. The van der Waals surface area contributed by atoms with E-state index >= 15 is 0 Å². The molecule has 33 heavy (non-hydrogen) atoms. The van der Waals surface area contributed by atoms with E-state index in [-0.39, 0.29) is 5.91 Å². The molecule has 172 valence electrons. The average molecular weight is 448 g/mol. The summed E-state index contributed by atoms with van der Waals surface area (Å²) in [6.07, 6.45) is 7.20. The summed E-state index contributed by atoms with van der Waals surface area (Å²) in [4.78, 5) is 24.8. The van der Waals surface area contributed by atoms with E-state index in [0.29, 0.717) is 36.1 Å². The van der Waals surface area contributed by atoms with Crippen molar-refractivity contribution in [3.63, 3.8) is 0 Å². The number of amides is 1. The molecule has 3 aromatic heterocycles. The zero-order chi connectivity index (χ0) is 23.1. The highest BCUT2D eigenvalue weighted by molar-refractivity contribution is 6.12. The largest absolute Gasteiger partial charge is 0.477 e. The second-order valence-corrected chi connectivity index (χ2v) is 8.87. The average Bonchev–Trinajstić information content (AvgIpc) is 3.44. The molecule has 9 heteroatoms. The van der Waals surface area contributed by atoms with E-state index in [1.807, 2.05) is 31.9 Å². The number of aliphatic imine (C=N–C) groups is 1. The smallest absolute Gasteiger partial charge is 0.278 e. The Kier molecular flexibility index (Phi) is 5.47. The zero-order valence-electron chi connectivity index (χ0n) is 19.6. The quantitative estimate of drug-likeness (QED) is 0.568. The van der Waals surface area contributed by atoms with Gasteiger partial charge in [0.15, 0.2) is 0 Å². The van der Waals surface area contributed by atoms with E-state index < -0.39 is 0 Å². The minimum Gasteiger partial charge on any atom is -0.477 e. The summed E-state index contributed by atoms with van der Waals surface area (Å²) in [7, 11) is 3.80. The third-order valence-electron chi connectivity index (χ3n) is 6.50. The molecule has 0 aliphatic carbocycles. The second kappa shape index (κ2) is 8.46. The van der Waals surface area contributed by atoms with Gasteiger partial charge in [0.1, 0.15) is 11.7 Å². The first kappa shape index (κ1) is 21.4. The highest BCUT2D eigenvalue weighted by atomic mass is 16.5. The molecule has 3 aromatic rings. The predicted molar refractivity (Wildman–Crippen MR) is 126 cm³/mol. The van der Waals surface area contributed by atoms with Crippen LogP contribution in [0.1, 0.15) is 47.8 Å². The number of carbonyl (C=O) groups is 1. The van der Waals surface area contributed by atoms with Crippen LogP contribution in [0.5, 0.6) is 5.88 Å². The highest BCUT2D eigenvalue weighted by Gasteiger charge is 2.31. The highest BCUT2D eigenvalue weighted by Crippen LogP contribution is 2.33. The first-order valence-electron chi connectivity index (χ1n) is 11.5. The van der Waals surface area contributed by atoms with Crippen molar-refractivity contribution < 1.29 is 9.53 Å². The zero-order valence-corrected chi connectivity index (χ0v) is 19.6. The summed E-state index contributed by atoms with van der Waals surface area (Å²) in [6.45, 7) is 5.49. The number of pyridine rings is 1. The van der Waals surface area contributed by atoms with Crippen molar-refractivity contribution in [1.29, 1.82) is 0 Å². The Hall–Kier alpha value is -3.49. The van der Waals surface area contributed by atoms with E-state index in [9.17, 15) is 4.79 Å². The molecular weight excluding hydrogens is 418 g/mol. The first-order chi connectivity index (χ1) is 15.9. The summed E-state index contributed by atoms with van der Waals surface area (Å²) in [5.41, 5.74) is 3.81. The van der Waals surface area contributed by atoms with Crippen LogP contribution in [0.3, 0.4) is 0 Å². The molecule has 0 N–H and O–H groups in total. The maximum absolute atomic E-state index is 13.3. The van der Waals surface area contributed by atoms with E-state index in [1.165, 1.54) is 0 Å². The molecule has 0 spiro atoms. The Morgan fingerprint density at radius 3 is 2.79 bits per heavy atom. The minimum atomic E-state index is -0.267. The molecular formula is C24H29N7O2. The molecule has 2 bridgehead atoms. The lowest BCUT2D eigenvalue weighted by Gasteiger charge is -2.26. The molecule has 0 unspecified atom stereocenters. The number of nitrogens with zero attached hydrogens (tertiary/aromatic N) is 7. The maximum atomic E-state index is 13.3. The molecule has 1 amide bonds. The number of ether oxygens (including phenoxy) is 1. The van der Waals surface area contributed by atoms with Gasteiger partial charge in [-0.3, -0.25) is 14.5 Å². The molecule has 2 aliphatic rings. The Balaban J connectivity index is 1.61. The van der Waals surface area contributed by atoms with Crippen molar-refractivity contribution in [1.82, 2.24) is 24.5 Å². The summed E-state index contributed by atoms with van der Waals surface area (Å²) >= 11 is 0. The van der Waals surface area contributed by atoms with Gasteiger partial charge >= 0.3 is 0 Å². The first-order valence-corrected chi connectivity index (χ1v) is 11.5. The molecule has 0 saturated heterocycles. The number of aryl methyl sites for hydroxylation is 3. The molecule has 0 radical (unpaired) electrons. The lowest BCUT2D eigenvalue weighted by Crippen LogP contribution is -2.34. The number of rotatable bonds is 1. The molecule has 0 aromatic carbocycles. The van der Waals surface area contributed by atoms with E-state index in [4.69, 9.17) is 4.74 Å². The Labute approximate surface area is 193 Å². The van der Waals surface area contributed by atoms with Gasteiger partial charge in [0, 0.05) is 43.9 Å². The van der Waals surface area contributed by atoms with E-state index in [0.717, 1.165) is 54.3 Å². The fraction of sp³-hybridized carbons (Fsp3) is 0.458. The molecule has 2 aliphatic heterocycles. The van der Waals surface area contributed by atoms with Gasteiger partial charge in [-0.25, -0.2) is 4.68 Å². The number of anilines is 1. The van der Waals surface area contributed by atoms with Gasteiger partial charge < -0.3 is 9.64 Å². The van der Waals surface area contributed by atoms with Crippen molar-refractivity contribution in [3.05, 3.63) is 41.3 Å². The lowest BCUT2D eigenvalue weighted by atomic mass is 10.00. The Morgan fingerprint density at radius 1 is 1.15 bits per heavy atom. The third kappa shape index (κ3) is 3.92. The maximum Gasteiger partial charge on any atom is 0.278 e. The summed E-state index contributed by atoms with van der Waals surface area (Å²) in [6, 6.07) is 3.57. The SMILES string of the molecule is CC[C@@H]1CCCOc2c(cnn2C)-c2cc(cc(C)n2)C(=O)N=C2Cc3cnn(C)c3N2C1. The van der Waals surface area contributed by atoms with Crippen LogP contribution in [0.2, 0.25) is 0 Å². The number of hydrogen-bond donors (Lipinski definition) is 0. The molecule has 5 rings (SSSR count). The molecule has 0 saturated carbocycles. The molecule has 0 fully saturated rings. The number of aromatic nitrogens is 5. The molecule has 1 atom stereocenters. The number of hydrogen-bond acceptors (Lipinski definition) is 6. The van der Waals surface area contributed by atoms with Crippen molar-refractivity contribution in [2.75, 3.05) is 18.1 Å². The molecule has 9 nitrogen and oxygen atoms in total. The van der Waals surface area contributed by atoms with Gasteiger partial charge in [-0.15, -0.1) is 0 Å². The van der Waals surface area contributed by atoms with Gasteiger partial charge in [-0.1, -0.05) is 13.3 Å². The Bertz CT molecular complexity index is 1240. The van der Waals surface area contributed by atoms with Crippen molar-refractivity contribution in [2.45, 2.75) is 39.5 Å². The van der Waals surface area contributed by atoms with Gasteiger partial charge in [-0.05, 0) is 37.8 Å². The van der Waals surface area contributed by atoms with Crippen LogP contribution in [0.4, 0.5) is 5.82 Å².